The van der Waals surface area contributed by atoms with Crippen molar-refractivity contribution in [3.8, 4) is 0 Å². The highest BCUT2D eigenvalue weighted by atomic mass is 16.7. The Hall–Kier alpha value is -4.13. The SMILES string of the molecule is O=C(/C=C/c1ccco1)C1=C(/C=C/c2ccco2)OC([N+](=O)[O-])C1c1ccccc1. The number of hydrogen-bond acceptors (Lipinski definition) is 6. The van der Waals surface area contributed by atoms with Crippen LogP contribution in [0.4, 0.5) is 0 Å². The van der Waals surface area contributed by atoms with E-state index in [0.717, 1.165) is 0 Å². The molecule has 2 atom stereocenters. The van der Waals surface area contributed by atoms with Gasteiger partial charge < -0.3 is 13.6 Å². The van der Waals surface area contributed by atoms with Gasteiger partial charge in [0.1, 0.15) is 23.2 Å². The largest absolute Gasteiger partial charge is 0.465 e. The third-order valence-electron chi connectivity index (χ3n) is 4.63. The van der Waals surface area contributed by atoms with Crippen molar-refractivity contribution < 1.29 is 23.3 Å². The highest BCUT2D eigenvalue weighted by Crippen LogP contribution is 2.40. The van der Waals surface area contributed by atoms with Crippen molar-refractivity contribution in [2.24, 2.45) is 0 Å². The topological polar surface area (TPSA) is 95.7 Å². The molecule has 1 aromatic carbocycles. The van der Waals surface area contributed by atoms with Gasteiger partial charge in [0.25, 0.3) is 0 Å². The summed E-state index contributed by atoms with van der Waals surface area (Å²) in [5.74, 6) is -0.0894. The Morgan fingerprint density at radius 1 is 0.900 bits per heavy atom. The van der Waals surface area contributed by atoms with Crippen LogP contribution in [0.25, 0.3) is 12.2 Å². The first kappa shape index (κ1) is 19.2. The Morgan fingerprint density at radius 2 is 1.57 bits per heavy atom. The summed E-state index contributed by atoms with van der Waals surface area (Å²) in [6.07, 6.45) is 7.56. The van der Waals surface area contributed by atoms with Gasteiger partial charge in [0.2, 0.25) is 0 Å². The van der Waals surface area contributed by atoms with Gasteiger partial charge in [-0.25, -0.2) is 0 Å². The molecule has 3 aromatic rings. The van der Waals surface area contributed by atoms with Crippen LogP contribution in [0.15, 0.2) is 99.4 Å². The molecular weight excluding hydrogens is 386 g/mol. The number of carbonyl (C=O) groups excluding carboxylic acids is 1. The number of ether oxygens (including phenoxy) is 1. The van der Waals surface area contributed by atoms with E-state index in [-0.39, 0.29) is 11.3 Å². The van der Waals surface area contributed by atoms with Gasteiger partial charge in [0, 0.05) is 0 Å². The van der Waals surface area contributed by atoms with Crippen LogP contribution in [0.3, 0.4) is 0 Å². The molecule has 30 heavy (non-hydrogen) atoms. The maximum absolute atomic E-state index is 13.1. The van der Waals surface area contributed by atoms with Gasteiger partial charge in [-0.1, -0.05) is 30.3 Å². The van der Waals surface area contributed by atoms with E-state index in [1.165, 1.54) is 30.8 Å². The molecule has 0 N–H and O–H groups in total. The minimum atomic E-state index is -1.42. The van der Waals surface area contributed by atoms with Gasteiger partial charge in [-0.3, -0.25) is 14.9 Å². The second-order valence-electron chi connectivity index (χ2n) is 6.52. The number of ketones is 1. The average Bonchev–Trinajstić information content (AvgIpc) is 3.52. The lowest BCUT2D eigenvalue weighted by Gasteiger charge is -2.14. The quantitative estimate of drug-likeness (QED) is 0.318. The van der Waals surface area contributed by atoms with Crippen molar-refractivity contribution in [1.29, 1.82) is 0 Å². The molecule has 7 nitrogen and oxygen atoms in total. The molecule has 2 unspecified atom stereocenters. The van der Waals surface area contributed by atoms with Crippen LogP contribution >= 0.6 is 0 Å². The fourth-order valence-corrected chi connectivity index (χ4v) is 3.30. The molecule has 7 heteroatoms. The normalized spacial score (nSPS) is 18.9. The number of carbonyl (C=O) groups is 1. The van der Waals surface area contributed by atoms with E-state index in [1.807, 2.05) is 0 Å². The van der Waals surface area contributed by atoms with E-state index in [9.17, 15) is 14.9 Å². The summed E-state index contributed by atoms with van der Waals surface area (Å²) in [6, 6.07) is 15.7. The lowest BCUT2D eigenvalue weighted by Crippen LogP contribution is -2.27. The molecule has 2 aromatic heterocycles. The molecule has 3 heterocycles. The maximum atomic E-state index is 13.1. The van der Waals surface area contributed by atoms with E-state index >= 15 is 0 Å². The number of allylic oxidation sites excluding steroid dienone is 2. The van der Waals surface area contributed by atoms with E-state index < -0.39 is 22.9 Å². The smallest absolute Gasteiger partial charge is 0.365 e. The number of hydrogen-bond donors (Lipinski definition) is 0. The van der Waals surface area contributed by atoms with Crippen LogP contribution in [0, 0.1) is 10.1 Å². The second-order valence-corrected chi connectivity index (χ2v) is 6.52. The third-order valence-corrected chi connectivity index (χ3v) is 4.63. The maximum Gasteiger partial charge on any atom is 0.365 e. The van der Waals surface area contributed by atoms with Crippen LogP contribution in [-0.4, -0.2) is 16.9 Å². The molecular formula is C23H17NO6. The summed E-state index contributed by atoms with van der Waals surface area (Å²) < 4.78 is 16.1. The Morgan fingerprint density at radius 3 is 2.17 bits per heavy atom. The molecule has 0 saturated carbocycles. The highest BCUT2D eigenvalue weighted by Gasteiger charge is 2.47. The summed E-state index contributed by atoms with van der Waals surface area (Å²) in [5, 5.41) is 11.7. The molecule has 0 radical (unpaired) electrons. The fourth-order valence-electron chi connectivity index (χ4n) is 3.30. The highest BCUT2D eigenvalue weighted by molar-refractivity contribution is 6.08. The summed E-state index contributed by atoms with van der Waals surface area (Å²) >= 11 is 0. The Balaban J connectivity index is 1.77. The molecule has 0 aliphatic carbocycles. The number of nitro groups is 1. The Bertz CT molecular complexity index is 1110. The van der Waals surface area contributed by atoms with Gasteiger partial charge in [-0.05, 0) is 54.1 Å². The van der Waals surface area contributed by atoms with Gasteiger partial charge in [-0.2, -0.15) is 0 Å². The van der Waals surface area contributed by atoms with E-state index in [1.54, 1.807) is 60.7 Å². The van der Waals surface area contributed by atoms with Crippen molar-refractivity contribution in [1.82, 2.24) is 0 Å². The second kappa shape index (κ2) is 8.48. The van der Waals surface area contributed by atoms with E-state index in [2.05, 4.69) is 0 Å². The Kier molecular flexibility index (Phi) is 5.43. The first-order chi connectivity index (χ1) is 14.6. The number of nitrogens with zero attached hydrogens (tertiary/aromatic N) is 1. The third kappa shape index (κ3) is 4.00. The number of rotatable bonds is 7. The molecule has 0 bridgehead atoms. The zero-order chi connectivity index (χ0) is 20.9. The summed E-state index contributed by atoms with van der Waals surface area (Å²) in [7, 11) is 0. The van der Waals surface area contributed by atoms with Crippen LogP contribution in [0.2, 0.25) is 0 Å². The van der Waals surface area contributed by atoms with E-state index in [0.29, 0.717) is 17.1 Å². The van der Waals surface area contributed by atoms with Crippen molar-refractivity contribution >= 4 is 17.9 Å². The van der Waals surface area contributed by atoms with E-state index in [4.69, 9.17) is 13.6 Å². The molecule has 150 valence electrons. The summed E-state index contributed by atoms with van der Waals surface area (Å²) in [4.78, 5) is 24.3. The predicted octanol–water partition coefficient (Wildman–Crippen LogP) is 4.84. The minimum absolute atomic E-state index is 0.135. The lowest BCUT2D eigenvalue weighted by molar-refractivity contribution is -0.570. The van der Waals surface area contributed by atoms with Crippen LogP contribution < -0.4 is 0 Å². The zero-order valence-corrected chi connectivity index (χ0v) is 15.7. The van der Waals surface area contributed by atoms with Gasteiger partial charge >= 0.3 is 6.23 Å². The van der Waals surface area contributed by atoms with Crippen LogP contribution in [0.1, 0.15) is 23.0 Å². The first-order valence-corrected chi connectivity index (χ1v) is 9.20. The standard InChI is InChI=1S/C23H17NO6/c25-19(12-10-17-8-4-14-28-17)22-20(13-11-18-9-5-15-29-18)30-23(24(26)27)21(22)16-6-2-1-3-7-16/h1-15,21,23H/b12-10+,13-11+. The monoisotopic (exact) mass is 403 g/mol. The fraction of sp³-hybridized carbons (Fsp3) is 0.0870. The predicted molar refractivity (Wildman–Crippen MR) is 109 cm³/mol. The molecule has 0 spiro atoms. The summed E-state index contributed by atoms with van der Waals surface area (Å²) in [5.41, 5.74) is 0.823. The molecule has 4 rings (SSSR count). The minimum Gasteiger partial charge on any atom is -0.465 e. The van der Waals surface area contributed by atoms with Crippen molar-refractivity contribution in [2.75, 3.05) is 0 Å². The van der Waals surface area contributed by atoms with Gasteiger partial charge in [0.05, 0.1) is 23.0 Å². The van der Waals surface area contributed by atoms with Crippen molar-refractivity contribution in [3.05, 3.63) is 118 Å². The van der Waals surface area contributed by atoms with Crippen molar-refractivity contribution in [2.45, 2.75) is 12.1 Å². The first-order valence-electron chi connectivity index (χ1n) is 9.20. The van der Waals surface area contributed by atoms with Crippen molar-refractivity contribution in [3.63, 3.8) is 0 Å². The van der Waals surface area contributed by atoms with Gasteiger partial charge in [0.15, 0.2) is 5.78 Å². The number of furan rings is 2. The molecule has 1 aliphatic heterocycles. The zero-order valence-electron chi connectivity index (χ0n) is 15.7. The van der Waals surface area contributed by atoms with Crippen LogP contribution in [0.5, 0.6) is 0 Å². The Labute approximate surface area is 171 Å². The molecule has 0 amide bonds. The van der Waals surface area contributed by atoms with Crippen LogP contribution in [-0.2, 0) is 9.53 Å². The van der Waals surface area contributed by atoms with Gasteiger partial charge in [-0.15, -0.1) is 0 Å². The average molecular weight is 403 g/mol. The molecule has 0 fully saturated rings. The molecule has 0 saturated heterocycles. The molecule has 1 aliphatic rings. The number of benzene rings is 1. The summed E-state index contributed by atoms with van der Waals surface area (Å²) in [6.45, 7) is 0. The lowest BCUT2D eigenvalue weighted by atomic mass is 9.87.